The maximum absolute atomic E-state index is 12.5. The van der Waals surface area contributed by atoms with Crippen molar-refractivity contribution in [1.82, 2.24) is 10.3 Å². The Bertz CT molecular complexity index is 960. The fourth-order valence-corrected chi connectivity index (χ4v) is 3.74. The average molecular weight is 379 g/mol. The maximum atomic E-state index is 12.5. The predicted molar refractivity (Wildman–Crippen MR) is 109 cm³/mol. The van der Waals surface area contributed by atoms with Gasteiger partial charge in [0.15, 0.2) is 0 Å². The number of hydrogen-bond donors (Lipinski definition) is 2. The van der Waals surface area contributed by atoms with Gasteiger partial charge in [0.25, 0.3) is 5.91 Å². The first-order valence-electron chi connectivity index (χ1n) is 8.63. The van der Waals surface area contributed by atoms with Crippen LogP contribution in [0.25, 0.3) is 10.6 Å². The van der Waals surface area contributed by atoms with E-state index in [4.69, 9.17) is 0 Å². The van der Waals surface area contributed by atoms with Crippen LogP contribution in [-0.2, 0) is 4.79 Å². The monoisotopic (exact) mass is 379 g/mol. The molecule has 0 bridgehead atoms. The third-order valence-electron chi connectivity index (χ3n) is 4.18. The van der Waals surface area contributed by atoms with Crippen LogP contribution in [0.15, 0.2) is 48.5 Å². The van der Waals surface area contributed by atoms with Crippen LogP contribution in [0.2, 0.25) is 0 Å². The van der Waals surface area contributed by atoms with Gasteiger partial charge in [-0.2, -0.15) is 0 Å². The van der Waals surface area contributed by atoms with Crippen LogP contribution in [0.5, 0.6) is 0 Å². The summed E-state index contributed by atoms with van der Waals surface area (Å²) in [6, 6.07) is 15.5. The molecule has 0 saturated carbocycles. The first kappa shape index (κ1) is 18.8. The van der Waals surface area contributed by atoms with Crippen molar-refractivity contribution in [1.29, 1.82) is 0 Å². The van der Waals surface area contributed by atoms with Crippen LogP contribution < -0.4 is 10.6 Å². The highest BCUT2D eigenvalue weighted by Gasteiger charge is 2.17. The number of carbonyl (C=O) groups excluding carboxylic acids is 2. The number of aryl methyl sites for hydroxylation is 3. The zero-order valence-electron chi connectivity index (χ0n) is 15.5. The molecule has 0 atom stereocenters. The number of anilines is 1. The summed E-state index contributed by atoms with van der Waals surface area (Å²) >= 11 is 1.33. The van der Waals surface area contributed by atoms with Crippen LogP contribution in [-0.4, -0.2) is 23.3 Å². The summed E-state index contributed by atoms with van der Waals surface area (Å²) in [7, 11) is 0. The summed E-state index contributed by atoms with van der Waals surface area (Å²) in [5.41, 5.74) is 4.39. The topological polar surface area (TPSA) is 71.1 Å². The highest BCUT2D eigenvalue weighted by Crippen LogP contribution is 2.27. The summed E-state index contributed by atoms with van der Waals surface area (Å²) < 4.78 is 0. The normalized spacial score (nSPS) is 10.5. The Kier molecular flexibility index (Phi) is 5.66. The number of amides is 2. The lowest BCUT2D eigenvalue weighted by atomic mass is 10.1. The third kappa shape index (κ3) is 4.41. The fourth-order valence-electron chi connectivity index (χ4n) is 2.75. The van der Waals surface area contributed by atoms with E-state index in [2.05, 4.69) is 15.6 Å². The third-order valence-corrected chi connectivity index (χ3v) is 5.38. The van der Waals surface area contributed by atoms with Crippen molar-refractivity contribution >= 4 is 28.8 Å². The summed E-state index contributed by atoms with van der Waals surface area (Å²) in [6.07, 6.45) is 0. The van der Waals surface area contributed by atoms with E-state index >= 15 is 0 Å². The number of carbonyl (C=O) groups is 2. The zero-order chi connectivity index (χ0) is 19.4. The van der Waals surface area contributed by atoms with Crippen molar-refractivity contribution in [3.05, 3.63) is 70.2 Å². The molecule has 1 heterocycles. The maximum Gasteiger partial charge on any atom is 0.263 e. The van der Waals surface area contributed by atoms with E-state index in [0.717, 1.165) is 27.4 Å². The second-order valence-electron chi connectivity index (χ2n) is 6.30. The second-order valence-corrected chi connectivity index (χ2v) is 7.30. The average Bonchev–Trinajstić information content (AvgIpc) is 3.05. The SMILES string of the molecule is Cc1cccc(C)c1NC(=O)CNC(=O)c1sc(-c2ccccc2)nc1C. The molecule has 0 radical (unpaired) electrons. The second kappa shape index (κ2) is 8.14. The number of hydrogen-bond acceptors (Lipinski definition) is 4. The molecule has 0 spiro atoms. The van der Waals surface area contributed by atoms with Crippen molar-refractivity contribution in [3.63, 3.8) is 0 Å². The molecule has 3 aromatic rings. The van der Waals surface area contributed by atoms with Gasteiger partial charge in [-0.15, -0.1) is 11.3 Å². The Morgan fingerprint density at radius 1 is 0.963 bits per heavy atom. The first-order valence-corrected chi connectivity index (χ1v) is 9.44. The largest absolute Gasteiger partial charge is 0.342 e. The predicted octanol–water partition coefficient (Wildman–Crippen LogP) is 4.10. The minimum Gasteiger partial charge on any atom is -0.342 e. The Hall–Kier alpha value is -2.99. The summed E-state index contributed by atoms with van der Waals surface area (Å²) in [5, 5.41) is 6.34. The van der Waals surface area contributed by atoms with Crippen molar-refractivity contribution in [2.75, 3.05) is 11.9 Å². The minimum absolute atomic E-state index is 0.0926. The lowest BCUT2D eigenvalue weighted by molar-refractivity contribution is -0.115. The fraction of sp³-hybridized carbons (Fsp3) is 0.190. The molecular formula is C21H21N3O2S. The molecule has 138 valence electrons. The molecule has 0 fully saturated rings. The van der Waals surface area contributed by atoms with Crippen LogP contribution >= 0.6 is 11.3 Å². The molecule has 0 aliphatic carbocycles. The number of para-hydroxylation sites is 1. The Balaban J connectivity index is 1.64. The van der Waals surface area contributed by atoms with Gasteiger partial charge in [0.05, 0.1) is 12.2 Å². The number of nitrogens with one attached hydrogen (secondary N) is 2. The molecule has 6 heteroatoms. The Morgan fingerprint density at radius 3 is 2.30 bits per heavy atom. The lowest BCUT2D eigenvalue weighted by Gasteiger charge is -2.11. The van der Waals surface area contributed by atoms with Gasteiger partial charge in [0.2, 0.25) is 5.91 Å². The van der Waals surface area contributed by atoms with Crippen LogP contribution in [0.4, 0.5) is 5.69 Å². The van der Waals surface area contributed by atoms with E-state index < -0.39 is 0 Å². The molecule has 5 nitrogen and oxygen atoms in total. The van der Waals surface area contributed by atoms with Crippen molar-refractivity contribution in [2.24, 2.45) is 0 Å². The van der Waals surface area contributed by atoms with Crippen molar-refractivity contribution < 1.29 is 9.59 Å². The van der Waals surface area contributed by atoms with Gasteiger partial charge >= 0.3 is 0 Å². The van der Waals surface area contributed by atoms with E-state index in [9.17, 15) is 9.59 Å². The van der Waals surface area contributed by atoms with E-state index in [-0.39, 0.29) is 18.4 Å². The Labute approximate surface area is 162 Å². The smallest absolute Gasteiger partial charge is 0.263 e. The van der Waals surface area contributed by atoms with Crippen molar-refractivity contribution in [3.8, 4) is 10.6 Å². The van der Waals surface area contributed by atoms with Gasteiger partial charge < -0.3 is 10.6 Å². The molecular weight excluding hydrogens is 358 g/mol. The number of nitrogens with zero attached hydrogens (tertiary/aromatic N) is 1. The van der Waals surface area contributed by atoms with E-state index in [0.29, 0.717) is 10.6 Å². The number of aromatic nitrogens is 1. The quantitative estimate of drug-likeness (QED) is 0.701. The molecule has 2 aromatic carbocycles. The number of rotatable bonds is 5. The van der Waals surface area contributed by atoms with Crippen molar-refractivity contribution in [2.45, 2.75) is 20.8 Å². The van der Waals surface area contributed by atoms with Gasteiger partial charge in [0, 0.05) is 11.3 Å². The van der Waals surface area contributed by atoms with Gasteiger partial charge in [0.1, 0.15) is 9.88 Å². The molecule has 0 aliphatic heterocycles. The number of benzene rings is 2. The standard InChI is InChI=1S/C21H21N3O2S/c1-13-8-7-9-14(2)18(13)24-17(25)12-22-20(26)19-15(3)23-21(27-19)16-10-5-4-6-11-16/h4-11H,12H2,1-3H3,(H,22,26)(H,24,25). The molecule has 2 N–H and O–H groups in total. The molecule has 27 heavy (non-hydrogen) atoms. The van der Waals surface area contributed by atoms with Gasteiger partial charge in [-0.3, -0.25) is 9.59 Å². The first-order chi connectivity index (χ1) is 13.0. The summed E-state index contributed by atoms with van der Waals surface area (Å²) in [4.78, 5) is 29.7. The summed E-state index contributed by atoms with van der Waals surface area (Å²) in [5.74, 6) is -0.546. The van der Waals surface area contributed by atoms with Crippen LogP contribution in [0.1, 0.15) is 26.5 Å². The van der Waals surface area contributed by atoms with Gasteiger partial charge in [-0.1, -0.05) is 48.5 Å². The van der Waals surface area contributed by atoms with E-state index in [1.807, 2.05) is 62.4 Å². The van der Waals surface area contributed by atoms with Crippen LogP contribution in [0, 0.1) is 20.8 Å². The highest BCUT2D eigenvalue weighted by molar-refractivity contribution is 7.17. The van der Waals surface area contributed by atoms with Gasteiger partial charge in [-0.25, -0.2) is 4.98 Å². The molecule has 1 aromatic heterocycles. The minimum atomic E-state index is -0.288. The highest BCUT2D eigenvalue weighted by atomic mass is 32.1. The molecule has 2 amide bonds. The molecule has 0 unspecified atom stereocenters. The Morgan fingerprint density at radius 2 is 1.63 bits per heavy atom. The number of thiazole rings is 1. The van der Waals surface area contributed by atoms with Gasteiger partial charge in [-0.05, 0) is 31.9 Å². The zero-order valence-corrected chi connectivity index (χ0v) is 16.3. The van der Waals surface area contributed by atoms with E-state index in [1.54, 1.807) is 6.92 Å². The molecule has 0 saturated heterocycles. The van der Waals surface area contributed by atoms with E-state index in [1.165, 1.54) is 11.3 Å². The molecule has 3 rings (SSSR count). The summed E-state index contributed by atoms with van der Waals surface area (Å²) in [6.45, 7) is 5.58. The molecule has 0 aliphatic rings. The lowest BCUT2D eigenvalue weighted by Crippen LogP contribution is -2.33. The van der Waals surface area contributed by atoms with Crippen LogP contribution in [0.3, 0.4) is 0 Å².